The zero-order chi connectivity index (χ0) is 17.6. The Labute approximate surface area is 144 Å². The summed E-state index contributed by atoms with van der Waals surface area (Å²) >= 11 is 0. The fourth-order valence-electron chi connectivity index (χ4n) is 2.15. The summed E-state index contributed by atoms with van der Waals surface area (Å²) < 4.78 is 0. The first-order valence-electron chi connectivity index (χ1n) is 8.25. The number of phenols is 1. The van der Waals surface area contributed by atoms with Crippen LogP contribution in [-0.2, 0) is 6.54 Å². The summed E-state index contributed by atoms with van der Waals surface area (Å²) in [5, 5.41) is 29.2. The Morgan fingerprint density at radius 2 is 1.75 bits per heavy atom. The van der Waals surface area contributed by atoms with Gasteiger partial charge >= 0.3 is 0 Å². The van der Waals surface area contributed by atoms with Crippen LogP contribution >= 0.6 is 0 Å². The molecule has 0 unspecified atom stereocenters. The molecule has 0 saturated heterocycles. The third-order valence-corrected chi connectivity index (χ3v) is 3.47. The van der Waals surface area contributed by atoms with E-state index in [4.69, 9.17) is 0 Å². The summed E-state index contributed by atoms with van der Waals surface area (Å²) in [6, 6.07) is 7.34. The van der Waals surface area contributed by atoms with E-state index in [-0.39, 0.29) is 5.76 Å². The van der Waals surface area contributed by atoms with Crippen LogP contribution in [0.2, 0.25) is 0 Å². The maximum Gasteiger partial charge on any atom is 0.120 e. The number of para-hydroxylation sites is 1. The van der Waals surface area contributed by atoms with Gasteiger partial charge < -0.3 is 26.2 Å². The van der Waals surface area contributed by atoms with Crippen molar-refractivity contribution in [3.63, 3.8) is 0 Å². The summed E-state index contributed by atoms with van der Waals surface area (Å²) in [4.78, 5) is 0. The number of allylic oxidation sites excluding steroid dienone is 2. The van der Waals surface area contributed by atoms with Gasteiger partial charge in [0.1, 0.15) is 11.5 Å². The smallest absolute Gasteiger partial charge is 0.120 e. The lowest BCUT2D eigenvalue weighted by Gasteiger charge is -2.09. The summed E-state index contributed by atoms with van der Waals surface area (Å²) in [6.07, 6.45) is 5.22. The van der Waals surface area contributed by atoms with Crippen LogP contribution in [0.3, 0.4) is 0 Å². The van der Waals surface area contributed by atoms with Crippen LogP contribution in [0.15, 0.2) is 60.4 Å². The van der Waals surface area contributed by atoms with E-state index in [0.717, 1.165) is 37.3 Å². The van der Waals surface area contributed by atoms with Crippen LogP contribution in [0.5, 0.6) is 5.75 Å². The third kappa shape index (κ3) is 7.97. The van der Waals surface area contributed by atoms with E-state index in [1.54, 1.807) is 6.07 Å². The van der Waals surface area contributed by atoms with E-state index in [1.807, 2.05) is 37.3 Å². The predicted molar refractivity (Wildman–Crippen MR) is 100 cm³/mol. The molecule has 132 valence electrons. The molecule has 1 rings (SSSR count). The third-order valence-electron chi connectivity index (χ3n) is 3.47. The van der Waals surface area contributed by atoms with Crippen molar-refractivity contribution >= 4 is 0 Å². The number of aliphatic hydroxyl groups is 1. The summed E-state index contributed by atoms with van der Waals surface area (Å²) in [7, 11) is 0. The molecule has 0 aliphatic carbocycles. The molecule has 0 fully saturated rings. The molecule has 0 atom stereocenters. The minimum absolute atomic E-state index is 0.210. The number of hydrogen-bond acceptors (Lipinski definition) is 5. The van der Waals surface area contributed by atoms with Crippen molar-refractivity contribution < 1.29 is 10.2 Å². The zero-order valence-corrected chi connectivity index (χ0v) is 14.4. The lowest BCUT2D eigenvalue weighted by atomic mass is 10.2. The lowest BCUT2D eigenvalue weighted by molar-refractivity contribution is 0.425. The number of aliphatic hydroxyl groups excluding tert-OH is 1. The Bertz CT molecular complexity index is 553. The molecule has 0 heterocycles. The van der Waals surface area contributed by atoms with Gasteiger partial charge in [-0.3, -0.25) is 0 Å². The van der Waals surface area contributed by atoms with Gasteiger partial charge in [-0.25, -0.2) is 0 Å². The molecule has 5 heteroatoms. The maximum absolute atomic E-state index is 9.69. The van der Waals surface area contributed by atoms with Crippen molar-refractivity contribution in [2.45, 2.75) is 13.5 Å². The molecule has 0 aliphatic rings. The van der Waals surface area contributed by atoms with Crippen LogP contribution in [0.4, 0.5) is 0 Å². The number of hydrogen-bond donors (Lipinski definition) is 5. The first-order chi connectivity index (χ1) is 11.7. The van der Waals surface area contributed by atoms with E-state index in [1.165, 1.54) is 6.08 Å². The summed E-state index contributed by atoms with van der Waals surface area (Å²) in [5.74, 6) is 0.539. The second kappa shape index (κ2) is 12.4. The topological polar surface area (TPSA) is 76.5 Å². The van der Waals surface area contributed by atoms with Gasteiger partial charge in [-0.2, -0.15) is 0 Å². The molecule has 0 radical (unpaired) electrons. The second-order valence-electron chi connectivity index (χ2n) is 5.35. The SMILES string of the molecule is C=C/C(O)=C(\C=C/C)CNCCNCCNCc1ccccc1O. The van der Waals surface area contributed by atoms with Crippen LogP contribution in [-0.4, -0.2) is 42.9 Å². The molecule has 0 bridgehead atoms. The van der Waals surface area contributed by atoms with Crippen molar-refractivity contribution in [1.82, 2.24) is 16.0 Å². The van der Waals surface area contributed by atoms with Crippen LogP contribution in [0.1, 0.15) is 12.5 Å². The highest BCUT2D eigenvalue weighted by molar-refractivity contribution is 5.31. The number of nitrogens with one attached hydrogen (secondary N) is 3. The van der Waals surface area contributed by atoms with Gasteiger partial charge in [0.05, 0.1) is 0 Å². The highest BCUT2D eigenvalue weighted by Gasteiger charge is 1.99. The maximum atomic E-state index is 9.69. The average Bonchev–Trinajstić information content (AvgIpc) is 2.60. The Kier molecular flexibility index (Phi) is 10.3. The first kappa shape index (κ1) is 20.0. The van der Waals surface area contributed by atoms with Gasteiger partial charge in [0.2, 0.25) is 0 Å². The number of phenolic OH excluding ortho intramolecular Hbond substituents is 1. The lowest BCUT2D eigenvalue weighted by Crippen LogP contribution is -2.33. The molecule has 0 amide bonds. The Hall–Kier alpha value is -2.08. The van der Waals surface area contributed by atoms with E-state index in [0.29, 0.717) is 18.8 Å². The molecule has 0 spiro atoms. The largest absolute Gasteiger partial charge is 0.508 e. The van der Waals surface area contributed by atoms with Gasteiger partial charge in [-0.1, -0.05) is 36.9 Å². The van der Waals surface area contributed by atoms with Crippen molar-refractivity contribution in [2.24, 2.45) is 0 Å². The summed E-state index contributed by atoms with van der Waals surface area (Å²) in [6.45, 7) is 10.1. The van der Waals surface area contributed by atoms with Gasteiger partial charge in [-0.05, 0) is 19.1 Å². The average molecular weight is 331 g/mol. The van der Waals surface area contributed by atoms with Crippen molar-refractivity contribution in [1.29, 1.82) is 0 Å². The van der Waals surface area contributed by atoms with Crippen LogP contribution < -0.4 is 16.0 Å². The van der Waals surface area contributed by atoms with E-state index < -0.39 is 0 Å². The molecule has 5 nitrogen and oxygen atoms in total. The highest BCUT2D eigenvalue weighted by atomic mass is 16.3. The Morgan fingerprint density at radius 3 is 2.42 bits per heavy atom. The molecule has 0 saturated carbocycles. The Morgan fingerprint density at radius 1 is 1.08 bits per heavy atom. The van der Waals surface area contributed by atoms with E-state index >= 15 is 0 Å². The zero-order valence-electron chi connectivity index (χ0n) is 14.4. The Balaban J connectivity index is 2.06. The fraction of sp³-hybridized carbons (Fsp3) is 0.368. The normalized spacial score (nSPS) is 12.4. The fourth-order valence-corrected chi connectivity index (χ4v) is 2.15. The predicted octanol–water partition coefficient (Wildman–Crippen LogP) is 2.24. The van der Waals surface area contributed by atoms with Gasteiger partial charge in [0.15, 0.2) is 0 Å². The van der Waals surface area contributed by atoms with Crippen molar-refractivity contribution in [3.05, 3.63) is 66.0 Å². The quantitative estimate of drug-likeness (QED) is 0.231. The van der Waals surface area contributed by atoms with Crippen LogP contribution in [0.25, 0.3) is 0 Å². The van der Waals surface area contributed by atoms with Gasteiger partial charge in [0, 0.05) is 50.4 Å². The molecule has 1 aromatic rings. The monoisotopic (exact) mass is 331 g/mol. The minimum Gasteiger partial charge on any atom is -0.508 e. The molecular weight excluding hydrogens is 302 g/mol. The number of aromatic hydroxyl groups is 1. The highest BCUT2D eigenvalue weighted by Crippen LogP contribution is 2.14. The number of rotatable bonds is 12. The van der Waals surface area contributed by atoms with E-state index in [9.17, 15) is 10.2 Å². The molecule has 1 aromatic carbocycles. The second-order valence-corrected chi connectivity index (χ2v) is 5.35. The standard InChI is InChI=1S/C19H29N3O2/c1-3-7-16(18(23)4-2)14-21-12-10-20-11-13-22-15-17-8-5-6-9-19(17)24/h3-9,20-24H,2,10-15H2,1H3/b7-3-,18-16-. The first-order valence-corrected chi connectivity index (χ1v) is 8.25. The molecular formula is C19H29N3O2. The van der Waals surface area contributed by atoms with Gasteiger partial charge in [-0.15, -0.1) is 0 Å². The van der Waals surface area contributed by atoms with Crippen molar-refractivity contribution in [3.8, 4) is 5.75 Å². The van der Waals surface area contributed by atoms with E-state index in [2.05, 4.69) is 22.5 Å². The summed E-state index contributed by atoms with van der Waals surface area (Å²) in [5.41, 5.74) is 1.74. The van der Waals surface area contributed by atoms with Crippen molar-refractivity contribution in [2.75, 3.05) is 32.7 Å². The van der Waals surface area contributed by atoms with Gasteiger partial charge in [0.25, 0.3) is 0 Å². The molecule has 0 aromatic heterocycles. The minimum atomic E-state index is 0.210. The molecule has 24 heavy (non-hydrogen) atoms. The molecule has 0 aliphatic heterocycles. The molecule has 5 N–H and O–H groups in total. The van der Waals surface area contributed by atoms with Crippen LogP contribution in [0, 0.1) is 0 Å². The number of benzene rings is 1.